The Morgan fingerprint density at radius 3 is 2.80 bits per heavy atom. The first-order chi connectivity index (χ1) is 7.17. The lowest BCUT2D eigenvalue weighted by molar-refractivity contribution is -0.142. The summed E-state index contributed by atoms with van der Waals surface area (Å²) in [6, 6.07) is 4.54. The number of hydrogen-bond donors (Lipinski definition) is 0. The highest BCUT2D eigenvalue weighted by Crippen LogP contribution is 2.21. The number of hydrogen-bond acceptors (Lipinski definition) is 4. The van der Waals surface area contributed by atoms with Gasteiger partial charge < -0.3 is 9.47 Å². The molecule has 0 heterocycles. The molecule has 0 unspecified atom stereocenters. The standard InChI is InChI=1S/C10H9ClO4/c1-14-10(13)6-15-8-3-2-7(5-12)9(11)4-8/h2-5H,6H2,1H3. The summed E-state index contributed by atoms with van der Waals surface area (Å²) in [5.74, 6) is -0.0680. The SMILES string of the molecule is COC(=O)COc1ccc(C=O)c(Cl)c1. The van der Waals surface area contributed by atoms with Crippen LogP contribution in [0.4, 0.5) is 0 Å². The van der Waals surface area contributed by atoms with E-state index >= 15 is 0 Å². The van der Waals surface area contributed by atoms with E-state index in [1.165, 1.54) is 19.2 Å². The summed E-state index contributed by atoms with van der Waals surface area (Å²) in [5.41, 5.74) is 0.377. The van der Waals surface area contributed by atoms with Gasteiger partial charge in [-0.3, -0.25) is 4.79 Å². The molecule has 0 aliphatic rings. The van der Waals surface area contributed by atoms with Gasteiger partial charge >= 0.3 is 5.97 Å². The average molecular weight is 229 g/mol. The highest BCUT2D eigenvalue weighted by atomic mass is 35.5. The molecule has 0 fully saturated rings. The number of ether oxygens (including phenoxy) is 2. The molecular weight excluding hydrogens is 220 g/mol. The molecule has 0 atom stereocenters. The summed E-state index contributed by atoms with van der Waals surface area (Å²) in [5, 5.41) is 0.285. The van der Waals surface area contributed by atoms with Gasteiger partial charge in [-0.1, -0.05) is 11.6 Å². The van der Waals surface area contributed by atoms with Crippen LogP contribution < -0.4 is 4.74 Å². The Morgan fingerprint density at radius 2 is 2.27 bits per heavy atom. The van der Waals surface area contributed by atoms with Crippen LogP contribution in [0.2, 0.25) is 5.02 Å². The lowest BCUT2D eigenvalue weighted by Gasteiger charge is -2.05. The molecule has 0 aromatic heterocycles. The third-order valence-electron chi connectivity index (χ3n) is 1.68. The molecule has 0 radical (unpaired) electrons. The lowest BCUT2D eigenvalue weighted by Crippen LogP contribution is -2.12. The predicted octanol–water partition coefficient (Wildman–Crippen LogP) is 1.70. The third-order valence-corrected chi connectivity index (χ3v) is 2.01. The fraction of sp³-hybridized carbons (Fsp3) is 0.200. The van der Waals surface area contributed by atoms with Crippen molar-refractivity contribution < 1.29 is 19.1 Å². The van der Waals surface area contributed by atoms with E-state index in [0.29, 0.717) is 17.6 Å². The van der Waals surface area contributed by atoms with E-state index < -0.39 is 5.97 Å². The van der Waals surface area contributed by atoms with Gasteiger partial charge in [0, 0.05) is 5.56 Å². The zero-order valence-corrected chi connectivity index (χ0v) is 8.78. The van der Waals surface area contributed by atoms with Crippen molar-refractivity contribution in [1.82, 2.24) is 0 Å². The number of esters is 1. The van der Waals surface area contributed by atoms with Crippen LogP contribution >= 0.6 is 11.6 Å². The van der Waals surface area contributed by atoms with E-state index in [1.54, 1.807) is 6.07 Å². The van der Waals surface area contributed by atoms with Gasteiger partial charge in [0.1, 0.15) is 5.75 Å². The van der Waals surface area contributed by atoms with E-state index in [-0.39, 0.29) is 11.6 Å². The van der Waals surface area contributed by atoms with E-state index in [0.717, 1.165) is 0 Å². The van der Waals surface area contributed by atoms with E-state index in [4.69, 9.17) is 16.3 Å². The fourth-order valence-electron chi connectivity index (χ4n) is 0.894. The van der Waals surface area contributed by atoms with Crippen LogP contribution in [-0.2, 0) is 9.53 Å². The molecule has 4 nitrogen and oxygen atoms in total. The van der Waals surface area contributed by atoms with Gasteiger partial charge in [0.2, 0.25) is 0 Å². The molecule has 1 rings (SSSR count). The second kappa shape index (κ2) is 5.36. The molecule has 0 bridgehead atoms. The van der Waals surface area contributed by atoms with E-state index in [2.05, 4.69) is 4.74 Å². The van der Waals surface area contributed by atoms with Crippen LogP contribution in [0.5, 0.6) is 5.75 Å². The van der Waals surface area contributed by atoms with Crippen LogP contribution in [0, 0.1) is 0 Å². The van der Waals surface area contributed by atoms with Crippen LogP contribution in [-0.4, -0.2) is 26.0 Å². The molecular formula is C10H9ClO4. The van der Waals surface area contributed by atoms with Gasteiger partial charge in [0.25, 0.3) is 0 Å². The van der Waals surface area contributed by atoms with Crippen molar-refractivity contribution in [3.8, 4) is 5.75 Å². The molecule has 15 heavy (non-hydrogen) atoms. The lowest BCUT2D eigenvalue weighted by atomic mass is 10.2. The topological polar surface area (TPSA) is 52.6 Å². The largest absolute Gasteiger partial charge is 0.482 e. The number of halogens is 1. The van der Waals surface area contributed by atoms with Crippen molar-refractivity contribution in [1.29, 1.82) is 0 Å². The second-order valence-electron chi connectivity index (χ2n) is 2.67. The zero-order valence-electron chi connectivity index (χ0n) is 8.03. The number of carbonyl (C=O) groups excluding carboxylic acids is 2. The smallest absolute Gasteiger partial charge is 0.343 e. The maximum atomic E-state index is 10.8. The van der Waals surface area contributed by atoms with Crippen molar-refractivity contribution in [3.63, 3.8) is 0 Å². The van der Waals surface area contributed by atoms with Gasteiger partial charge in [-0.05, 0) is 18.2 Å². The van der Waals surface area contributed by atoms with Crippen molar-refractivity contribution in [2.45, 2.75) is 0 Å². The molecule has 1 aromatic rings. The van der Waals surface area contributed by atoms with Gasteiger partial charge in [-0.15, -0.1) is 0 Å². The van der Waals surface area contributed by atoms with Gasteiger partial charge in [0.05, 0.1) is 12.1 Å². The molecule has 0 aliphatic carbocycles. The third kappa shape index (κ3) is 3.25. The molecule has 0 saturated carbocycles. The van der Waals surface area contributed by atoms with Crippen LogP contribution in [0.25, 0.3) is 0 Å². The quantitative estimate of drug-likeness (QED) is 0.582. The Kier molecular flexibility index (Phi) is 4.12. The first kappa shape index (κ1) is 11.5. The summed E-state index contributed by atoms with van der Waals surface area (Å²) >= 11 is 5.75. The monoisotopic (exact) mass is 228 g/mol. The van der Waals surface area contributed by atoms with Crippen LogP contribution in [0.1, 0.15) is 10.4 Å². The summed E-state index contributed by atoms with van der Waals surface area (Å²) < 4.78 is 9.46. The molecule has 5 heteroatoms. The molecule has 1 aromatic carbocycles. The molecule has 0 N–H and O–H groups in total. The summed E-state index contributed by atoms with van der Waals surface area (Å²) in [6.07, 6.45) is 0.645. The Bertz CT molecular complexity index is 376. The number of carbonyl (C=O) groups is 2. The minimum Gasteiger partial charge on any atom is -0.482 e. The summed E-state index contributed by atoms with van der Waals surface area (Å²) in [7, 11) is 1.27. The second-order valence-corrected chi connectivity index (χ2v) is 3.07. The van der Waals surface area contributed by atoms with Gasteiger partial charge in [-0.2, -0.15) is 0 Å². The number of aldehydes is 1. The highest BCUT2D eigenvalue weighted by Gasteiger charge is 2.04. The highest BCUT2D eigenvalue weighted by molar-refractivity contribution is 6.33. The molecule has 80 valence electrons. The number of rotatable bonds is 4. The Morgan fingerprint density at radius 1 is 1.53 bits per heavy atom. The number of benzene rings is 1. The normalized spacial score (nSPS) is 9.47. The molecule has 0 spiro atoms. The van der Waals surface area contributed by atoms with E-state index in [1.807, 2.05) is 0 Å². The Hall–Kier alpha value is -1.55. The fourth-order valence-corrected chi connectivity index (χ4v) is 1.11. The zero-order chi connectivity index (χ0) is 11.3. The first-order valence-corrected chi connectivity index (χ1v) is 4.49. The van der Waals surface area contributed by atoms with Crippen LogP contribution in [0.3, 0.4) is 0 Å². The van der Waals surface area contributed by atoms with Crippen molar-refractivity contribution in [2.75, 3.05) is 13.7 Å². The summed E-state index contributed by atoms with van der Waals surface area (Å²) in [4.78, 5) is 21.2. The van der Waals surface area contributed by atoms with Gasteiger partial charge in [0.15, 0.2) is 12.9 Å². The molecule has 0 aliphatic heterocycles. The minimum absolute atomic E-state index is 0.187. The summed E-state index contributed by atoms with van der Waals surface area (Å²) in [6.45, 7) is -0.187. The predicted molar refractivity (Wildman–Crippen MR) is 54.4 cm³/mol. The van der Waals surface area contributed by atoms with Gasteiger partial charge in [-0.25, -0.2) is 4.79 Å². The van der Waals surface area contributed by atoms with E-state index in [9.17, 15) is 9.59 Å². The number of methoxy groups -OCH3 is 1. The first-order valence-electron chi connectivity index (χ1n) is 4.11. The Labute approximate surface area is 91.7 Å². The van der Waals surface area contributed by atoms with Crippen molar-refractivity contribution in [3.05, 3.63) is 28.8 Å². The van der Waals surface area contributed by atoms with Crippen molar-refractivity contribution >= 4 is 23.9 Å². The minimum atomic E-state index is -0.481. The maximum Gasteiger partial charge on any atom is 0.343 e. The van der Waals surface area contributed by atoms with Crippen LogP contribution in [0.15, 0.2) is 18.2 Å². The van der Waals surface area contributed by atoms with Crippen molar-refractivity contribution in [2.24, 2.45) is 0 Å². The molecule has 0 saturated heterocycles. The maximum absolute atomic E-state index is 10.8. The molecule has 0 amide bonds. The average Bonchev–Trinajstić information content (AvgIpc) is 2.26. The Balaban J connectivity index is 2.67.